The number of carbonyl (C=O) groups excluding carboxylic acids is 1. The molecule has 1 unspecified atom stereocenters. The molecule has 0 saturated heterocycles. The molecule has 2 rings (SSSR count). The summed E-state index contributed by atoms with van der Waals surface area (Å²) in [5, 5.41) is 12.2. The molecule has 25 heavy (non-hydrogen) atoms. The monoisotopic (exact) mass is 341 g/mol. The van der Waals surface area contributed by atoms with E-state index in [4.69, 9.17) is 4.74 Å². The minimum absolute atomic E-state index is 0.194. The fourth-order valence-electron chi connectivity index (χ4n) is 2.73. The van der Waals surface area contributed by atoms with Crippen LogP contribution in [-0.4, -0.2) is 24.1 Å². The fourth-order valence-corrected chi connectivity index (χ4v) is 2.73. The van der Waals surface area contributed by atoms with Crippen LogP contribution in [0.5, 0.6) is 5.75 Å². The average molecular weight is 341 g/mol. The maximum Gasteiger partial charge on any atom is 0.306 e. The zero-order chi connectivity index (χ0) is 18.4. The Labute approximate surface area is 147 Å². The second-order valence-electron chi connectivity index (χ2n) is 6.35. The van der Waals surface area contributed by atoms with E-state index in [0.29, 0.717) is 11.3 Å². The van der Waals surface area contributed by atoms with Gasteiger partial charge in [0.15, 0.2) is 0 Å². The van der Waals surface area contributed by atoms with E-state index in [0.717, 1.165) is 11.1 Å². The van der Waals surface area contributed by atoms with E-state index in [1.54, 1.807) is 38.3 Å². The van der Waals surface area contributed by atoms with E-state index in [1.165, 1.54) is 0 Å². The van der Waals surface area contributed by atoms with Gasteiger partial charge in [-0.2, -0.15) is 0 Å². The molecule has 0 aliphatic heterocycles. The molecule has 1 atom stereocenters. The molecule has 0 aliphatic carbocycles. The molecule has 5 heteroatoms. The third-order valence-electron chi connectivity index (χ3n) is 4.11. The summed E-state index contributed by atoms with van der Waals surface area (Å²) in [6.45, 7) is 3.69. The van der Waals surface area contributed by atoms with Gasteiger partial charge in [-0.05, 0) is 37.1 Å². The van der Waals surface area contributed by atoms with Gasteiger partial charge in [0.25, 0.3) is 0 Å². The van der Waals surface area contributed by atoms with Gasteiger partial charge in [-0.1, -0.05) is 42.0 Å². The summed E-state index contributed by atoms with van der Waals surface area (Å²) in [6, 6.07) is 14.8. The van der Waals surface area contributed by atoms with Crippen LogP contribution in [0.25, 0.3) is 0 Å². The van der Waals surface area contributed by atoms with Crippen molar-refractivity contribution in [3.63, 3.8) is 0 Å². The lowest BCUT2D eigenvalue weighted by Crippen LogP contribution is -2.45. The zero-order valence-electron chi connectivity index (χ0n) is 14.7. The number of amides is 1. The summed E-state index contributed by atoms with van der Waals surface area (Å²) in [4.78, 5) is 23.8. The van der Waals surface area contributed by atoms with Crippen molar-refractivity contribution < 1.29 is 19.4 Å². The summed E-state index contributed by atoms with van der Waals surface area (Å²) < 4.78 is 5.21. The number of hydrogen-bond donors (Lipinski definition) is 2. The molecule has 2 aromatic rings. The van der Waals surface area contributed by atoms with E-state index in [9.17, 15) is 14.7 Å². The summed E-state index contributed by atoms with van der Waals surface area (Å²) in [5.74, 6) is -0.599. The molecule has 0 aromatic heterocycles. The fraction of sp³-hybridized carbons (Fsp3) is 0.300. The molecule has 0 bridgehead atoms. The lowest BCUT2D eigenvalue weighted by atomic mass is 9.88. The highest BCUT2D eigenvalue weighted by molar-refractivity contribution is 5.80. The average Bonchev–Trinajstić information content (AvgIpc) is 2.56. The molecule has 0 radical (unpaired) electrons. The topological polar surface area (TPSA) is 75.6 Å². The van der Waals surface area contributed by atoms with Crippen LogP contribution in [0.2, 0.25) is 0 Å². The van der Waals surface area contributed by atoms with Crippen LogP contribution in [0.3, 0.4) is 0 Å². The van der Waals surface area contributed by atoms with E-state index in [1.807, 2.05) is 31.2 Å². The van der Waals surface area contributed by atoms with Crippen LogP contribution in [0.4, 0.5) is 0 Å². The molecule has 132 valence electrons. The van der Waals surface area contributed by atoms with Gasteiger partial charge in [0.1, 0.15) is 5.75 Å². The molecule has 5 nitrogen and oxygen atoms in total. The number of hydrogen-bond acceptors (Lipinski definition) is 3. The largest absolute Gasteiger partial charge is 0.497 e. The quantitative estimate of drug-likeness (QED) is 0.811. The van der Waals surface area contributed by atoms with Gasteiger partial charge in [-0.3, -0.25) is 9.59 Å². The Morgan fingerprint density at radius 3 is 2.44 bits per heavy atom. The number of carbonyl (C=O) groups is 2. The van der Waals surface area contributed by atoms with Crippen molar-refractivity contribution in [1.29, 1.82) is 0 Å². The smallest absolute Gasteiger partial charge is 0.306 e. The van der Waals surface area contributed by atoms with E-state index in [-0.39, 0.29) is 18.7 Å². The second-order valence-corrected chi connectivity index (χ2v) is 6.35. The predicted octanol–water partition coefficient (Wildman–Crippen LogP) is 3.05. The SMILES string of the molecule is COc1cccc(C(C)(CC(=O)O)NC(=O)Cc2ccc(C)cc2)c1. The Hall–Kier alpha value is -2.82. The Morgan fingerprint density at radius 2 is 1.84 bits per heavy atom. The molecular weight excluding hydrogens is 318 g/mol. The number of aliphatic carboxylic acids is 1. The van der Waals surface area contributed by atoms with Crippen LogP contribution < -0.4 is 10.1 Å². The highest BCUT2D eigenvalue weighted by atomic mass is 16.5. The van der Waals surface area contributed by atoms with Crippen LogP contribution in [0, 0.1) is 6.92 Å². The minimum atomic E-state index is -1.03. The molecule has 0 aliphatic rings. The summed E-state index contributed by atoms with van der Waals surface area (Å²) in [6.07, 6.45) is -0.0285. The van der Waals surface area contributed by atoms with Gasteiger partial charge in [0.05, 0.1) is 25.5 Å². The van der Waals surface area contributed by atoms with Gasteiger partial charge in [-0.15, -0.1) is 0 Å². The molecule has 0 saturated carbocycles. The Kier molecular flexibility index (Phi) is 5.80. The second kappa shape index (κ2) is 7.83. The van der Waals surface area contributed by atoms with E-state index < -0.39 is 11.5 Å². The number of methoxy groups -OCH3 is 1. The predicted molar refractivity (Wildman–Crippen MR) is 95.6 cm³/mol. The zero-order valence-corrected chi connectivity index (χ0v) is 14.7. The maximum absolute atomic E-state index is 12.5. The number of benzene rings is 2. The van der Waals surface area contributed by atoms with Crippen molar-refractivity contribution in [3.05, 3.63) is 65.2 Å². The first kappa shape index (κ1) is 18.5. The standard InChI is InChI=1S/C20H23NO4/c1-14-7-9-15(10-8-14)11-18(22)21-20(2,13-19(23)24)16-5-4-6-17(12-16)25-3/h4-10,12H,11,13H2,1-3H3,(H,21,22)(H,23,24). The van der Waals surface area contributed by atoms with Gasteiger partial charge in [0, 0.05) is 0 Å². The molecule has 0 heterocycles. The van der Waals surface area contributed by atoms with Gasteiger partial charge in [0.2, 0.25) is 5.91 Å². The van der Waals surface area contributed by atoms with Crippen molar-refractivity contribution >= 4 is 11.9 Å². The first-order valence-corrected chi connectivity index (χ1v) is 8.05. The van der Waals surface area contributed by atoms with Gasteiger partial charge in [-0.25, -0.2) is 0 Å². The van der Waals surface area contributed by atoms with Crippen molar-refractivity contribution in [2.45, 2.75) is 32.2 Å². The molecular formula is C20H23NO4. The third kappa shape index (κ3) is 5.08. The lowest BCUT2D eigenvalue weighted by Gasteiger charge is -2.30. The lowest BCUT2D eigenvalue weighted by molar-refractivity contribution is -0.139. The number of carboxylic acid groups (broad SMARTS) is 1. The molecule has 2 N–H and O–H groups in total. The summed E-state index contributed by atoms with van der Waals surface area (Å²) in [7, 11) is 1.55. The third-order valence-corrected chi connectivity index (χ3v) is 4.11. The van der Waals surface area contributed by atoms with Crippen molar-refractivity contribution in [3.8, 4) is 5.75 Å². The first-order chi connectivity index (χ1) is 11.8. The molecule has 0 fully saturated rings. The summed E-state index contributed by atoms with van der Waals surface area (Å²) in [5.41, 5.74) is 1.66. The van der Waals surface area contributed by atoms with E-state index >= 15 is 0 Å². The Morgan fingerprint density at radius 1 is 1.16 bits per heavy atom. The van der Waals surface area contributed by atoms with Crippen molar-refractivity contribution in [1.82, 2.24) is 5.32 Å². The van der Waals surface area contributed by atoms with Crippen LogP contribution in [0.15, 0.2) is 48.5 Å². The van der Waals surface area contributed by atoms with Gasteiger partial charge >= 0.3 is 5.97 Å². The number of carboxylic acids is 1. The Bertz CT molecular complexity index is 755. The van der Waals surface area contributed by atoms with Crippen molar-refractivity contribution in [2.24, 2.45) is 0 Å². The highest BCUT2D eigenvalue weighted by Crippen LogP contribution is 2.28. The van der Waals surface area contributed by atoms with Crippen LogP contribution >= 0.6 is 0 Å². The van der Waals surface area contributed by atoms with Crippen LogP contribution in [-0.2, 0) is 21.5 Å². The Balaban J connectivity index is 2.22. The molecule has 1 amide bonds. The maximum atomic E-state index is 12.5. The number of aryl methyl sites for hydroxylation is 1. The highest BCUT2D eigenvalue weighted by Gasteiger charge is 2.31. The molecule has 0 spiro atoms. The summed E-state index contributed by atoms with van der Waals surface area (Å²) >= 11 is 0. The van der Waals surface area contributed by atoms with Crippen molar-refractivity contribution in [2.75, 3.05) is 7.11 Å². The van der Waals surface area contributed by atoms with E-state index in [2.05, 4.69) is 5.32 Å². The normalized spacial score (nSPS) is 12.9. The minimum Gasteiger partial charge on any atom is -0.497 e. The van der Waals surface area contributed by atoms with Gasteiger partial charge < -0.3 is 15.2 Å². The molecule has 2 aromatic carbocycles. The number of nitrogens with one attached hydrogen (secondary N) is 1. The van der Waals surface area contributed by atoms with Crippen LogP contribution in [0.1, 0.15) is 30.0 Å². The number of ether oxygens (including phenoxy) is 1. The first-order valence-electron chi connectivity index (χ1n) is 8.05. The number of rotatable bonds is 7.